The maximum absolute atomic E-state index is 11.4. The van der Waals surface area contributed by atoms with Gasteiger partial charge in [0, 0.05) is 11.8 Å². The van der Waals surface area contributed by atoms with Gasteiger partial charge in [-0.1, -0.05) is 65.8 Å². The van der Waals surface area contributed by atoms with Crippen LogP contribution in [0.15, 0.2) is 60.8 Å². The standard InChI is InChI=1S/C27H34N2O2/c1-26(2,3)19-16-21(25(30)22(17-19)27(4,5)6)24(29-23-10-8-9-15-28-23)18-11-13-20(31-7)14-12-18/h8-17,24,30H,1-7H3,(H,28,29). The number of rotatable bonds is 5. The van der Waals surface area contributed by atoms with Gasteiger partial charge in [0.2, 0.25) is 0 Å². The molecule has 2 aromatic carbocycles. The molecule has 0 aliphatic carbocycles. The van der Waals surface area contributed by atoms with Gasteiger partial charge < -0.3 is 15.2 Å². The molecule has 0 radical (unpaired) electrons. The number of benzene rings is 2. The number of ether oxygens (including phenoxy) is 1. The maximum atomic E-state index is 11.4. The molecule has 4 heteroatoms. The van der Waals surface area contributed by atoms with Crippen LogP contribution in [0.5, 0.6) is 11.5 Å². The topological polar surface area (TPSA) is 54.4 Å². The van der Waals surface area contributed by atoms with Crippen LogP contribution < -0.4 is 10.1 Å². The number of hydrogen-bond donors (Lipinski definition) is 2. The van der Waals surface area contributed by atoms with E-state index in [1.54, 1.807) is 13.3 Å². The zero-order valence-corrected chi connectivity index (χ0v) is 19.7. The van der Waals surface area contributed by atoms with Crippen molar-refractivity contribution in [3.05, 3.63) is 83.0 Å². The van der Waals surface area contributed by atoms with E-state index in [2.05, 4.69) is 64.0 Å². The van der Waals surface area contributed by atoms with E-state index in [0.717, 1.165) is 28.3 Å². The molecule has 0 saturated carbocycles. The van der Waals surface area contributed by atoms with E-state index in [-0.39, 0.29) is 16.9 Å². The van der Waals surface area contributed by atoms with Crippen molar-refractivity contribution in [3.63, 3.8) is 0 Å². The Balaban J connectivity index is 2.23. The van der Waals surface area contributed by atoms with Crippen LogP contribution in [0, 0.1) is 0 Å². The molecule has 0 amide bonds. The minimum atomic E-state index is -0.274. The van der Waals surface area contributed by atoms with Gasteiger partial charge in [-0.3, -0.25) is 0 Å². The summed E-state index contributed by atoms with van der Waals surface area (Å²) in [7, 11) is 1.66. The molecule has 2 N–H and O–H groups in total. The third kappa shape index (κ3) is 5.19. The van der Waals surface area contributed by atoms with E-state index in [0.29, 0.717) is 5.75 Å². The Morgan fingerprint density at radius 3 is 2.10 bits per heavy atom. The lowest BCUT2D eigenvalue weighted by molar-refractivity contribution is 0.414. The Morgan fingerprint density at radius 2 is 1.58 bits per heavy atom. The number of aromatic nitrogens is 1. The molecule has 0 spiro atoms. The second-order valence-electron chi connectivity index (χ2n) is 10.0. The second kappa shape index (κ2) is 8.62. The fourth-order valence-corrected chi connectivity index (χ4v) is 3.61. The summed E-state index contributed by atoms with van der Waals surface area (Å²) < 4.78 is 5.34. The van der Waals surface area contributed by atoms with Crippen molar-refractivity contribution >= 4 is 5.82 Å². The lowest BCUT2D eigenvalue weighted by Crippen LogP contribution is -2.20. The predicted octanol–water partition coefficient (Wildman–Crippen LogP) is 6.59. The molecule has 1 aromatic heterocycles. The van der Waals surface area contributed by atoms with Gasteiger partial charge in [-0.15, -0.1) is 0 Å². The molecule has 1 atom stereocenters. The van der Waals surface area contributed by atoms with E-state index >= 15 is 0 Å². The van der Waals surface area contributed by atoms with Crippen molar-refractivity contribution in [2.75, 3.05) is 12.4 Å². The van der Waals surface area contributed by atoms with Crippen LogP contribution in [-0.4, -0.2) is 17.2 Å². The number of nitrogens with one attached hydrogen (secondary N) is 1. The molecule has 1 unspecified atom stereocenters. The second-order valence-corrected chi connectivity index (χ2v) is 10.0. The average molecular weight is 419 g/mol. The zero-order valence-electron chi connectivity index (χ0n) is 19.7. The van der Waals surface area contributed by atoms with Gasteiger partial charge in [-0.05, 0) is 57.9 Å². The first-order chi connectivity index (χ1) is 14.5. The van der Waals surface area contributed by atoms with Gasteiger partial charge in [0.1, 0.15) is 17.3 Å². The van der Waals surface area contributed by atoms with Crippen molar-refractivity contribution in [2.24, 2.45) is 0 Å². The van der Waals surface area contributed by atoms with Gasteiger partial charge >= 0.3 is 0 Å². The molecule has 4 nitrogen and oxygen atoms in total. The summed E-state index contributed by atoms with van der Waals surface area (Å²) in [6, 6.07) is 17.7. The molecule has 3 aromatic rings. The number of aromatic hydroxyl groups is 1. The summed E-state index contributed by atoms with van der Waals surface area (Å²) in [5.74, 6) is 1.87. The Bertz CT molecular complexity index is 1010. The van der Waals surface area contributed by atoms with Crippen LogP contribution in [0.1, 0.15) is 69.8 Å². The van der Waals surface area contributed by atoms with Crippen molar-refractivity contribution < 1.29 is 9.84 Å². The number of pyridine rings is 1. The number of phenolic OH excluding ortho intramolecular Hbond substituents is 1. The molecule has 1 heterocycles. The van der Waals surface area contributed by atoms with E-state index in [9.17, 15) is 5.11 Å². The van der Waals surface area contributed by atoms with Crippen LogP contribution in [0.2, 0.25) is 0 Å². The van der Waals surface area contributed by atoms with Crippen molar-refractivity contribution in [3.8, 4) is 11.5 Å². The van der Waals surface area contributed by atoms with Crippen LogP contribution in [0.3, 0.4) is 0 Å². The van der Waals surface area contributed by atoms with E-state index < -0.39 is 0 Å². The average Bonchev–Trinajstić information content (AvgIpc) is 2.71. The Labute approximate surface area is 186 Å². The Morgan fingerprint density at radius 1 is 0.903 bits per heavy atom. The number of methoxy groups -OCH3 is 1. The van der Waals surface area contributed by atoms with Gasteiger partial charge in [0.25, 0.3) is 0 Å². The Kier molecular flexibility index (Phi) is 6.30. The first-order valence-corrected chi connectivity index (χ1v) is 10.7. The predicted molar refractivity (Wildman–Crippen MR) is 128 cm³/mol. The number of phenols is 1. The van der Waals surface area contributed by atoms with Gasteiger partial charge in [-0.25, -0.2) is 4.98 Å². The fourth-order valence-electron chi connectivity index (χ4n) is 3.61. The van der Waals surface area contributed by atoms with Crippen molar-refractivity contribution in [1.29, 1.82) is 0 Å². The Hall–Kier alpha value is -3.01. The highest BCUT2D eigenvalue weighted by Gasteiger charge is 2.28. The summed E-state index contributed by atoms with van der Waals surface area (Å²) in [6.45, 7) is 13.0. The maximum Gasteiger partial charge on any atom is 0.126 e. The van der Waals surface area contributed by atoms with Crippen molar-refractivity contribution in [2.45, 2.75) is 58.4 Å². The van der Waals surface area contributed by atoms with Gasteiger partial charge in [0.15, 0.2) is 0 Å². The molecule has 164 valence electrons. The summed E-state index contributed by atoms with van der Waals surface area (Å²) >= 11 is 0. The SMILES string of the molecule is COc1ccc(C(Nc2ccccn2)c2cc(C(C)(C)C)cc(C(C)(C)C)c2O)cc1. The third-order valence-electron chi connectivity index (χ3n) is 5.53. The molecular weight excluding hydrogens is 384 g/mol. The molecule has 0 saturated heterocycles. The third-order valence-corrected chi connectivity index (χ3v) is 5.53. The summed E-state index contributed by atoms with van der Waals surface area (Å²) in [6.07, 6.45) is 1.76. The van der Waals surface area contributed by atoms with Crippen LogP contribution in [0.4, 0.5) is 5.82 Å². The molecule has 31 heavy (non-hydrogen) atoms. The fraction of sp³-hybridized carbons (Fsp3) is 0.370. The highest BCUT2D eigenvalue weighted by Crippen LogP contribution is 2.42. The highest BCUT2D eigenvalue weighted by atomic mass is 16.5. The smallest absolute Gasteiger partial charge is 0.126 e. The molecule has 0 aliphatic rings. The molecule has 3 rings (SSSR count). The zero-order chi connectivity index (χ0) is 22.8. The van der Waals surface area contributed by atoms with Gasteiger partial charge in [0.05, 0.1) is 13.2 Å². The first kappa shape index (κ1) is 22.7. The largest absolute Gasteiger partial charge is 0.507 e. The number of hydrogen-bond acceptors (Lipinski definition) is 4. The van der Waals surface area contributed by atoms with Crippen LogP contribution >= 0.6 is 0 Å². The summed E-state index contributed by atoms with van der Waals surface area (Å²) in [4.78, 5) is 4.46. The van der Waals surface area contributed by atoms with Crippen molar-refractivity contribution in [1.82, 2.24) is 4.98 Å². The van der Waals surface area contributed by atoms with Gasteiger partial charge in [-0.2, -0.15) is 0 Å². The number of nitrogens with zero attached hydrogens (tertiary/aromatic N) is 1. The van der Waals surface area contributed by atoms with E-state index in [4.69, 9.17) is 4.74 Å². The molecule has 0 aliphatic heterocycles. The monoisotopic (exact) mass is 418 g/mol. The normalized spacial score (nSPS) is 13.0. The minimum absolute atomic E-state index is 0.0576. The summed E-state index contributed by atoms with van der Waals surface area (Å²) in [5.41, 5.74) is 3.73. The summed E-state index contributed by atoms with van der Waals surface area (Å²) in [5, 5.41) is 15.0. The van der Waals surface area contributed by atoms with Crippen LogP contribution in [0.25, 0.3) is 0 Å². The lowest BCUT2D eigenvalue weighted by atomic mass is 9.77. The minimum Gasteiger partial charge on any atom is -0.507 e. The quantitative estimate of drug-likeness (QED) is 0.490. The van der Waals surface area contributed by atoms with Crippen LogP contribution in [-0.2, 0) is 10.8 Å². The van der Waals surface area contributed by atoms with E-state index in [1.165, 1.54) is 5.56 Å². The molecule has 0 fully saturated rings. The first-order valence-electron chi connectivity index (χ1n) is 10.7. The highest BCUT2D eigenvalue weighted by molar-refractivity contribution is 5.55. The lowest BCUT2D eigenvalue weighted by Gasteiger charge is -2.30. The number of anilines is 1. The molecular formula is C27H34N2O2. The molecule has 0 bridgehead atoms. The van der Waals surface area contributed by atoms with E-state index in [1.807, 2.05) is 42.5 Å².